The maximum absolute atomic E-state index is 11.3. The highest BCUT2D eigenvalue weighted by molar-refractivity contribution is 5.69. The summed E-state index contributed by atoms with van der Waals surface area (Å²) >= 11 is 0. The van der Waals surface area contributed by atoms with Gasteiger partial charge in [-0.05, 0) is 38.5 Å². The molecule has 0 amide bonds. The molecule has 3 fully saturated rings. The monoisotopic (exact) mass is 297 g/mol. The van der Waals surface area contributed by atoms with Crippen molar-refractivity contribution in [3.05, 3.63) is 0 Å². The van der Waals surface area contributed by atoms with Gasteiger partial charge >= 0.3 is 5.97 Å². The maximum Gasteiger partial charge on any atom is 0.317 e. The molecule has 0 aromatic carbocycles. The zero-order valence-electron chi connectivity index (χ0n) is 12.8. The van der Waals surface area contributed by atoms with Gasteiger partial charge in [-0.2, -0.15) is 0 Å². The zero-order chi connectivity index (χ0) is 14.7. The van der Waals surface area contributed by atoms with Crippen molar-refractivity contribution >= 4 is 5.97 Å². The molecule has 0 aromatic rings. The lowest BCUT2D eigenvalue weighted by Gasteiger charge is -2.47. The Kier molecular flexibility index (Phi) is 4.82. The number of nitrogens with zero attached hydrogens (tertiary/aromatic N) is 1. The first-order valence-corrected chi connectivity index (χ1v) is 8.38. The predicted molar refractivity (Wildman–Crippen MR) is 78.4 cm³/mol. The minimum Gasteiger partial charge on any atom is -0.480 e. The highest BCUT2D eigenvalue weighted by Crippen LogP contribution is 2.38. The van der Waals surface area contributed by atoms with E-state index in [1.165, 1.54) is 12.8 Å². The summed E-state index contributed by atoms with van der Waals surface area (Å²) in [6.07, 6.45) is 8.63. The Labute approximate surface area is 126 Å². The normalized spacial score (nSPS) is 30.0. The van der Waals surface area contributed by atoms with Crippen LogP contribution in [0.2, 0.25) is 0 Å². The zero-order valence-corrected chi connectivity index (χ0v) is 12.8. The Morgan fingerprint density at radius 3 is 2.48 bits per heavy atom. The second-order valence-electron chi connectivity index (χ2n) is 6.79. The van der Waals surface area contributed by atoms with Gasteiger partial charge in [-0.25, -0.2) is 0 Å². The largest absolute Gasteiger partial charge is 0.480 e. The van der Waals surface area contributed by atoms with Crippen molar-refractivity contribution in [2.24, 2.45) is 0 Å². The fraction of sp³-hybridized carbons (Fsp3) is 0.938. The molecule has 5 heteroatoms. The molecule has 1 spiro atoms. The molecule has 21 heavy (non-hydrogen) atoms. The molecule has 2 heterocycles. The molecule has 3 rings (SSSR count). The minimum absolute atomic E-state index is 0.0590. The quantitative estimate of drug-likeness (QED) is 0.860. The van der Waals surface area contributed by atoms with Gasteiger partial charge in [0.05, 0.1) is 12.1 Å². The van der Waals surface area contributed by atoms with Gasteiger partial charge in [-0.1, -0.05) is 12.8 Å². The van der Waals surface area contributed by atoms with E-state index in [-0.39, 0.29) is 12.1 Å². The Morgan fingerprint density at radius 2 is 1.81 bits per heavy atom. The van der Waals surface area contributed by atoms with Crippen LogP contribution in [0.1, 0.15) is 51.4 Å². The standard InChI is InChI=1S/C16H27NO4/c18-15(19)12-17(13-3-1-2-4-13)14-5-8-21-16(11-14)6-9-20-10-7-16/h13-14H,1-12H2,(H,18,19). The van der Waals surface area contributed by atoms with Gasteiger partial charge in [0, 0.05) is 31.9 Å². The van der Waals surface area contributed by atoms with E-state index in [2.05, 4.69) is 4.90 Å². The van der Waals surface area contributed by atoms with Crippen LogP contribution < -0.4 is 0 Å². The summed E-state index contributed by atoms with van der Waals surface area (Å²) in [5, 5.41) is 9.28. The second-order valence-corrected chi connectivity index (χ2v) is 6.79. The van der Waals surface area contributed by atoms with Crippen LogP contribution in [0.3, 0.4) is 0 Å². The number of carboxylic acids is 1. The summed E-state index contributed by atoms with van der Waals surface area (Å²) in [6.45, 7) is 2.49. The fourth-order valence-electron chi connectivity index (χ4n) is 4.33. The smallest absolute Gasteiger partial charge is 0.317 e. The molecular formula is C16H27NO4. The molecule has 0 bridgehead atoms. The SMILES string of the molecule is O=C(O)CN(C1CCCC1)C1CCOC2(CCOCC2)C1. The lowest BCUT2D eigenvalue weighted by atomic mass is 9.83. The van der Waals surface area contributed by atoms with E-state index in [9.17, 15) is 9.90 Å². The lowest BCUT2D eigenvalue weighted by molar-refractivity contribution is -0.159. The topological polar surface area (TPSA) is 59.0 Å². The van der Waals surface area contributed by atoms with Crippen LogP contribution in [0.25, 0.3) is 0 Å². The van der Waals surface area contributed by atoms with E-state index in [1.54, 1.807) is 0 Å². The number of hydrogen-bond acceptors (Lipinski definition) is 4. The van der Waals surface area contributed by atoms with Crippen molar-refractivity contribution in [1.29, 1.82) is 0 Å². The van der Waals surface area contributed by atoms with Gasteiger partial charge < -0.3 is 14.6 Å². The van der Waals surface area contributed by atoms with E-state index in [0.717, 1.165) is 58.3 Å². The molecule has 3 aliphatic rings. The lowest BCUT2D eigenvalue weighted by Crippen LogP contribution is -2.54. The van der Waals surface area contributed by atoms with E-state index in [1.807, 2.05) is 0 Å². The van der Waals surface area contributed by atoms with Crippen LogP contribution in [0.15, 0.2) is 0 Å². The first kappa shape index (κ1) is 15.3. The van der Waals surface area contributed by atoms with Crippen molar-refractivity contribution in [3.8, 4) is 0 Å². The Bertz CT molecular complexity index is 356. The van der Waals surface area contributed by atoms with Gasteiger partial charge in [0.1, 0.15) is 0 Å². The Balaban J connectivity index is 1.70. The van der Waals surface area contributed by atoms with Crippen molar-refractivity contribution in [2.75, 3.05) is 26.4 Å². The number of rotatable bonds is 4. The summed E-state index contributed by atoms with van der Waals surface area (Å²) in [5.74, 6) is -0.700. The number of ether oxygens (including phenoxy) is 2. The van der Waals surface area contributed by atoms with E-state index < -0.39 is 5.97 Å². The molecule has 1 unspecified atom stereocenters. The average molecular weight is 297 g/mol. The summed E-state index contributed by atoms with van der Waals surface area (Å²) in [6, 6.07) is 0.817. The molecule has 0 radical (unpaired) electrons. The molecule has 2 aliphatic heterocycles. The number of carbonyl (C=O) groups is 1. The summed E-state index contributed by atoms with van der Waals surface area (Å²) in [5.41, 5.74) is -0.0590. The van der Waals surface area contributed by atoms with Gasteiger partial charge in [-0.15, -0.1) is 0 Å². The molecule has 1 saturated carbocycles. The van der Waals surface area contributed by atoms with Crippen molar-refractivity contribution < 1.29 is 19.4 Å². The summed E-state index contributed by atoms with van der Waals surface area (Å²) in [7, 11) is 0. The molecule has 1 N–H and O–H groups in total. The third-order valence-electron chi connectivity index (χ3n) is 5.45. The second kappa shape index (κ2) is 6.63. The molecule has 2 saturated heterocycles. The highest BCUT2D eigenvalue weighted by atomic mass is 16.5. The number of carboxylic acid groups (broad SMARTS) is 1. The van der Waals surface area contributed by atoms with Crippen LogP contribution >= 0.6 is 0 Å². The highest BCUT2D eigenvalue weighted by Gasteiger charge is 2.42. The van der Waals surface area contributed by atoms with Gasteiger partial charge in [0.2, 0.25) is 0 Å². The van der Waals surface area contributed by atoms with E-state index in [4.69, 9.17) is 9.47 Å². The van der Waals surface area contributed by atoms with Gasteiger partial charge in [-0.3, -0.25) is 9.69 Å². The predicted octanol–water partition coefficient (Wildman–Crippen LogP) is 2.04. The van der Waals surface area contributed by atoms with E-state index >= 15 is 0 Å². The number of aliphatic carboxylic acids is 1. The molecule has 5 nitrogen and oxygen atoms in total. The van der Waals surface area contributed by atoms with E-state index in [0.29, 0.717) is 12.1 Å². The molecule has 1 atom stereocenters. The maximum atomic E-state index is 11.3. The van der Waals surface area contributed by atoms with Crippen molar-refractivity contribution in [1.82, 2.24) is 4.90 Å². The van der Waals surface area contributed by atoms with Gasteiger partial charge in [0.15, 0.2) is 0 Å². The fourth-order valence-corrected chi connectivity index (χ4v) is 4.33. The molecule has 120 valence electrons. The average Bonchev–Trinajstić information content (AvgIpc) is 2.99. The first-order valence-electron chi connectivity index (χ1n) is 8.38. The Hall–Kier alpha value is -0.650. The molecule has 0 aromatic heterocycles. The number of hydrogen-bond donors (Lipinski definition) is 1. The van der Waals surface area contributed by atoms with Crippen molar-refractivity contribution in [3.63, 3.8) is 0 Å². The molecule has 1 aliphatic carbocycles. The van der Waals surface area contributed by atoms with Gasteiger partial charge in [0.25, 0.3) is 0 Å². The van der Waals surface area contributed by atoms with Crippen LogP contribution in [0, 0.1) is 0 Å². The van der Waals surface area contributed by atoms with Crippen LogP contribution in [-0.2, 0) is 14.3 Å². The van der Waals surface area contributed by atoms with Crippen molar-refractivity contribution in [2.45, 2.75) is 69.1 Å². The third kappa shape index (κ3) is 3.58. The van der Waals surface area contributed by atoms with Crippen LogP contribution in [0.5, 0.6) is 0 Å². The summed E-state index contributed by atoms with van der Waals surface area (Å²) < 4.78 is 11.6. The van der Waals surface area contributed by atoms with Crippen LogP contribution in [-0.4, -0.2) is 60.0 Å². The van der Waals surface area contributed by atoms with Crippen LogP contribution in [0.4, 0.5) is 0 Å². The third-order valence-corrected chi connectivity index (χ3v) is 5.45. The Morgan fingerprint density at radius 1 is 1.10 bits per heavy atom. The minimum atomic E-state index is -0.700. The summed E-state index contributed by atoms with van der Waals surface area (Å²) in [4.78, 5) is 13.6. The molecular weight excluding hydrogens is 270 g/mol. The first-order chi connectivity index (χ1) is 10.2.